The Labute approximate surface area is 118 Å². The number of hydrogen-bond donors (Lipinski definition) is 2. The van der Waals surface area contributed by atoms with E-state index in [9.17, 15) is 13.2 Å². The van der Waals surface area contributed by atoms with Gasteiger partial charge in [-0.25, -0.2) is 4.39 Å². The maximum atomic E-state index is 13.4. The molecule has 1 heterocycles. The van der Waals surface area contributed by atoms with Crippen LogP contribution in [0.4, 0.5) is 24.5 Å². The molecule has 0 spiro atoms. The van der Waals surface area contributed by atoms with Crippen LogP contribution in [0.1, 0.15) is 11.7 Å². The molecule has 9 heteroatoms. The van der Waals surface area contributed by atoms with Crippen LogP contribution in [0.3, 0.4) is 0 Å². The lowest BCUT2D eigenvalue weighted by Gasteiger charge is -2.12. The third-order valence-corrected chi connectivity index (χ3v) is 2.55. The van der Waals surface area contributed by atoms with Crippen molar-refractivity contribution in [3.8, 4) is 5.75 Å². The minimum absolute atomic E-state index is 0.0819. The Hall–Kier alpha value is -2.45. The van der Waals surface area contributed by atoms with Crippen LogP contribution < -0.4 is 15.8 Å². The summed E-state index contributed by atoms with van der Waals surface area (Å²) in [6.45, 7) is -1.09. The molecule has 0 atom stereocenters. The van der Waals surface area contributed by atoms with E-state index in [1.54, 1.807) is 6.92 Å². The predicted octanol–water partition coefficient (Wildman–Crippen LogP) is 2.36. The van der Waals surface area contributed by atoms with Crippen molar-refractivity contribution >= 4 is 11.4 Å². The van der Waals surface area contributed by atoms with Gasteiger partial charge in [0.1, 0.15) is 0 Å². The fourth-order valence-corrected chi connectivity index (χ4v) is 1.66. The topological polar surface area (TPSA) is 86.2 Å². The summed E-state index contributed by atoms with van der Waals surface area (Å²) >= 11 is 0. The van der Waals surface area contributed by atoms with E-state index in [4.69, 9.17) is 10.3 Å². The number of ether oxygens (including phenoxy) is 1. The fourth-order valence-electron chi connectivity index (χ4n) is 1.66. The molecule has 0 aliphatic rings. The summed E-state index contributed by atoms with van der Waals surface area (Å²) in [4.78, 5) is 4.00. The summed E-state index contributed by atoms with van der Waals surface area (Å²) in [6, 6.07) is 2.00. The summed E-state index contributed by atoms with van der Waals surface area (Å²) in [5.41, 5.74) is 5.98. The molecule has 2 rings (SSSR count). The molecule has 1 aromatic heterocycles. The fraction of sp³-hybridized carbons (Fsp3) is 0.333. The molecule has 0 saturated heterocycles. The molecular weight excluding hydrogens is 289 g/mol. The van der Waals surface area contributed by atoms with E-state index in [2.05, 4.69) is 20.2 Å². The van der Waals surface area contributed by atoms with E-state index >= 15 is 0 Å². The Morgan fingerprint density at radius 1 is 1.43 bits per heavy atom. The zero-order chi connectivity index (χ0) is 15.4. The van der Waals surface area contributed by atoms with Gasteiger partial charge in [0.2, 0.25) is 5.89 Å². The van der Waals surface area contributed by atoms with Crippen molar-refractivity contribution in [2.75, 3.05) is 17.6 Å². The van der Waals surface area contributed by atoms with Gasteiger partial charge in [-0.2, -0.15) is 13.8 Å². The van der Waals surface area contributed by atoms with Crippen LogP contribution in [-0.4, -0.2) is 23.3 Å². The maximum absolute atomic E-state index is 13.4. The van der Waals surface area contributed by atoms with Crippen molar-refractivity contribution in [1.82, 2.24) is 10.1 Å². The second-order valence-electron chi connectivity index (χ2n) is 4.15. The van der Waals surface area contributed by atoms with Gasteiger partial charge in [-0.3, -0.25) is 0 Å². The number of alkyl halides is 2. The lowest BCUT2D eigenvalue weighted by atomic mass is 10.2. The Kier molecular flexibility index (Phi) is 4.51. The number of benzene rings is 1. The second-order valence-corrected chi connectivity index (χ2v) is 4.15. The molecule has 0 unspecified atom stereocenters. The number of nitrogens with zero attached hydrogens (tertiary/aromatic N) is 2. The molecule has 0 radical (unpaired) electrons. The number of rotatable bonds is 6. The summed E-state index contributed by atoms with van der Waals surface area (Å²) in [6.07, 6.45) is 0.430. The first kappa shape index (κ1) is 14.9. The monoisotopic (exact) mass is 302 g/mol. The molecule has 2 aromatic rings. The first-order chi connectivity index (χ1) is 9.95. The number of nitrogens with one attached hydrogen (secondary N) is 1. The van der Waals surface area contributed by atoms with Crippen molar-refractivity contribution in [1.29, 1.82) is 0 Å². The zero-order valence-electron chi connectivity index (χ0n) is 11.1. The minimum Gasteiger partial charge on any atom is -0.432 e. The highest BCUT2D eigenvalue weighted by atomic mass is 19.3. The van der Waals surface area contributed by atoms with E-state index < -0.39 is 18.2 Å². The van der Waals surface area contributed by atoms with Crippen LogP contribution in [0.15, 0.2) is 16.7 Å². The zero-order valence-corrected chi connectivity index (χ0v) is 11.1. The summed E-state index contributed by atoms with van der Waals surface area (Å²) < 4.78 is 46.5. The van der Waals surface area contributed by atoms with Gasteiger partial charge in [0.15, 0.2) is 17.4 Å². The van der Waals surface area contributed by atoms with E-state index in [0.29, 0.717) is 24.7 Å². The molecular formula is C12H13F3N4O2. The van der Waals surface area contributed by atoms with E-state index in [-0.39, 0.29) is 11.4 Å². The standard InChI is InChI=1S/C12H13F3N4O2/c1-6-18-11(19-21-6)2-3-17-9-5-10(20-12(14)15)7(13)4-8(9)16/h4-5,12,17H,2-3,16H2,1H3. The quantitative estimate of drug-likeness (QED) is 0.797. The maximum Gasteiger partial charge on any atom is 0.387 e. The highest BCUT2D eigenvalue weighted by Crippen LogP contribution is 2.29. The van der Waals surface area contributed by atoms with Gasteiger partial charge in [-0.05, 0) is 0 Å². The number of nitrogens with two attached hydrogens (primary N) is 1. The summed E-state index contributed by atoms with van der Waals surface area (Å²) in [5, 5.41) is 6.57. The van der Waals surface area contributed by atoms with Gasteiger partial charge in [0.25, 0.3) is 0 Å². The van der Waals surface area contributed by atoms with Gasteiger partial charge >= 0.3 is 6.61 Å². The number of anilines is 2. The first-order valence-electron chi connectivity index (χ1n) is 6.02. The molecule has 0 amide bonds. The van der Waals surface area contributed by atoms with Crippen LogP contribution >= 0.6 is 0 Å². The van der Waals surface area contributed by atoms with Crippen LogP contribution in [-0.2, 0) is 6.42 Å². The Morgan fingerprint density at radius 2 is 2.19 bits per heavy atom. The average molecular weight is 302 g/mol. The highest BCUT2D eigenvalue weighted by Gasteiger charge is 2.13. The van der Waals surface area contributed by atoms with E-state index in [1.807, 2.05) is 0 Å². The van der Waals surface area contributed by atoms with Crippen LogP contribution in [0.25, 0.3) is 0 Å². The largest absolute Gasteiger partial charge is 0.432 e. The molecule has 6 nitrogen and oxygen atoms in total. The number of aryl methyl sites for hydroxylation is 1. The normalized spacial score (nSPS) is 10.9. The third kappa shape index (κ3) is 4.01. The molecule has 0 bridgehead atoms. The van der Waals surface area contributed by atoms with Gasteiger partial charge < -0.3 is 20.3 Å². The molecule has 0 saturated carbocycles. The molecule has 0 fully saturated rings. The molecule has 114 valence electrons. The van der Waals surface area contributed by atoms with Crippen molar-refractivity contribution < 1.29 is 22.4 Å². The van der Waals surface area contributed by atoms with Gasteiger partial charge in [0, 0.05) is 32.0 Å². The van der Waals surface area contributed by atoms with Gasteiger partial charge in [0.05, 0.1) is 11.4 Å². The molecule has 0 aliphatic carbocycles. The van der Waals surface area contributed by atoms with Crippen molar-refractivity contribution in [2.45, 2.75) is 20.0 Å². The Bertz CT molecular complexity index is 619. The molecule has 3 N–H and O–H groups in total. The minimum atomic E-state index is -3.11. The van der Waals surface area contributed by atoms with Crippen molar-refractivity contribution in [2.24, 2.45) is 0 Å². The second kappa shape index (κ2) is 6.33. The average Bonchev–Trinajstić information content (AvgIpc) is 2.80. The summed E-state index contributed by atoms with van der Waals surface area (Å²) in [7, 11) is 0. The van der Waals surface area contributed by atoms with Crippen LogP contribution in [0.5, 0.6) is 5.75 Å². The van der Waals surface area contributed by atoms with Gasteiger partial charge in [-0.1, -0.05) is 5.16 Å². The van der Waals surface area contributed by atoms with Crippen molar-refractivity contribution in [3.05, 3.63) is 29.7 Å². The lowest BCUT2D eigenvalue weighted by molar-refractivity contribution is -0.0521. The molecule has 21 heavy (non-hydrogen) atoms. The smallest absolute Gasteiger partial charge is 0.387 e. The number of hydrogen-bond acceptors (Lipinski definition) is 6. The molecule has 0 aliphatic heterocycles. The SMILES string of the molecule is Cc1nc(CCNc2cc(OC(F)F)c(F)cc2N)no1. The predicted molar refractivity (Wildman–Crippen MR) is 68.7 cm³/mol. The highest BCUT2D eigenvalue weighted by molar-refractivity contribution is 5.68. The number of aromatic nitrogens is 2. The van der Waals surface area contributed by atoms with Gasteiger partial charge in [-0.15, -0.1) is 0 Å². The van der Waals surface area contributed by atoms with Crippen LogP contribution in [0.2, 0.25) is 0 Å². The first-order valence-corrected chi connectivity index (χ1v) is 6.02. The van der Waals surface area contributed by atoms with E-state index in [1.165, 1.54) is 0 Å². The molecule has 1 aromatic carbocycles. The third-order valence-electron chi connectivity index (χ3n) is 2.55. The number of nitrogen functional groups attached to an aromatic ring is 1. The number of halogens is 3. The Morgan fingerprint density at radius 3 is 2.81 bits per heavy atom. The van der Waals surface area contributed by atoms with E-state index in [0.717, 1.165) is 12.1 Å². The Balaban J connectivity index is 2.01. The van der Waals surface area contributed by atoms with Crippen molar-refractivity contribution in [3.63, 3.8) is 0 Å². The van der Waals surface area contributed by atoms with Crippen LogP contribution in [0, 0.1) is 12.7 Å². The summed E-state index contributed by atoms with van der Waals surface area (Å²) in [5.74, 6) is -0.590. The lowest BCUT2D eigenvalue weighted by Crippen LogP contribution is -2.10.